The van der Waals surface area contributed by atoms with E-state index in [9.17, 15) is 0 Å². The zero-order chi connectivity index (χ0) is 16.7. The molecule has 0 radical (unpaired) electrons. The smallest absolute Gasteiger partial charge is 0.163 e. The van der Waals surface area contributed by atoms with E-state index in [1.54, 1.807) is 4.68 Å². The molecule has 124 valence electrons. The SMILES string of the molecule is Cc1nc(N(C)Cc2ccc3c(c2)OCCO3)c2cnn(C)c2n1. The third kappa shape index (κ3) is 2.51. The van der Waals surface area contributed by atoms with Gasteiger partial charge >= 0.3 is 0 Å². The van der Waals surface area contributed by atoms with Gasteiger partial charge in [-0.25, -0.2) is 9.97 Å². The first kappa shape index (κ1) is 14.7. The summed E-state index contributed by atoms with van der Waals surface area (Å²) in [6, 6.07) is 6.04. The minimum absolute atomic E-state index is 0.591. The number of nitrogens with zero attached hydrogens (tertiary/aromatic N) is 5. The van der Waals surface area contributed by atoms with Crippen LogP contribution in [0.1, 0.15) is 11.4 Å². The van der Waals surface area contributed by atoms with Crippen molar-refractivity contribution in [2.24, 2.45) is 7.05 Å². The minimum atomic E-state index is 0.591. The molecular formula is C17H19N5O2. The summed E-state index contributed by atoms with van der Waals surface area (Å²) in [4.78, 5) is 11.2. The highest BCUT2D eigenvalue weighted by Gasteiger charge is 2.16. The van der Waals surface area contributed by atoms with E-state index in [0.29, 0.717) is 19.8 Å². The molecule has 1 aromatic carbocycles. The number of anilines is 1. The highest BCUT2D eigenvalue weighted by molar-refractivity contribution is 5.86. The quantitative estimate of drug-likeness (QED) is 0.734. The summed E-state index contributed by atoms with van der Waals surface area (Å²) in [5.41, 5.74) is 1.97. The summed E-state index contributed by atoms with van der Waals surface area (Å²) >= 11 is 0. The molecular weight excluding hydrogens is 306 g/mol. The van der Waals surface area contributed by atoms with E-state index in [-0.39, 0.29) is 0 Å². The molecule has 0 N–H and O–H groups in total. The van der Waals surface area contributed by atoms with Gasteiger partial charge < -0.3 is 14.4 Å². The molecule has 3 aromatic rings. The van der Waals surface area contributed by atoms with Crippen molar-refractivity contribution in [3.05, 3.63) is 35.8 Å². The van der Waals surface area contributed by atoms with Crippen molar-refractivity contribution in [2.75, 3.05) is 25.2 Å². The number of benzene rings is 1. The Balaban J connectivity index is 1.66. The number of rotatable bonds is 3. The lowest BCUT2D eigenvalue weighted by molar-refractivity contribution is 0.171. The molecule has 3 heterocycles. The van der Waals surface area contributed by atoms with Gasteiger partial charge in [0.25, 0.3) is 0 Å². The fourth-order valence-corrected chi connectivity index (χ4v) is 2.94. The maximum atomic E-state index is 5.66. The Labute approximate surface area is 139 Å². The third-order valence-electron chi connectivity index (χ3n) is 4.07. The van der Waals surface area contributed by atoms with Crippen molar-refractivity contribution < 1.29 is 9.47 Å². The second kappa shape index (κ2) is 5.67. The van der Waals surface area contributed by atoms with Crippen molar-refractivity contribution in [2.45, 2.75) is 13.5 Å². The number of hydrogen-bond donors (Lipinski definition) is 0. The Hall–Kier alpha value is -2.83. The fourth-order valence-electron chi connectivity index (χ4n) is 2.94. The van der Waals surface area contributed by atoms with Crippen molar-refractivity contribution in [1.82, 2.24) is 19.7 Å². The first-order chi connectivity index (χ1) is 11.6. The van der Waals surface area contributed by atoms with Gasteiger partial charge in [0.2, 0.25) is 0 Å². The maximum absolute atomic E-state index is 5.66. The zero-order valence-corrected chi connectivity index (χ0v) is 14.0. The molecule has 4 rings (SSSR count). The predicted molar refractivity (Wildman–Crippen MR) is 90.6 cm³/mol. The average Bonchev–Trinajstić information content (AvgIpc) is 2.95. The molecule has 0 atom stereocenters. The number of fused-ring (bicyclic) bond motifs is 2. The van der Waals surface area contributed by atoms with Gasteiger partial charge in [0, 0.05) is 20.6 Å². The van der Waals surface area contributed by atoms with Crippen molar-refractivity contribution in [3.8, 4) is 11.5 Å². The van der Waals surface area contributed by atoms with Crippen molar-refractivity contribution in [1.29, 1.82) is 0 Å². The monoisotopic (exact) mass is 325 g/mol. The topological polar surface area (TPSA) is 65.3 Å². The fraction of sp³-hybridized carbons (Fsp3) is 0.353. The van der Waals surface area contributed by atoms with Crippen LogP contribution >= 0.6 is 0 Å². The number of hydrogen-bond acceptors (Lipinski definition) is 6. The summed E-state index contributed by atoms with van der Waals surface area (Å²) < 4.78 is 13.0. The molecule has 1 aliphatic heterocycles. The van der Waals surface area contributed by atoms with Crippen molar-refractivity contribution >= 4 is 16.9 Å². The van der Waals surface area contributed by atoms with E-state index in [1.165, 1.54) is 0 Å². The van der Waals surface area contributed by atoms with E-state index in [1.807, 2.05) is 39.3 Å². The largest absolute Gasteiger partial charge is 0.486 e. The van der Waals surface area contributed by atoms with E-state index in [0.717, 1.165) is 39.7 Å². The molecule has 0 spiro atoms. The van der Waals surface area contributed by atoms with Gasteiger partial charge in [-0.1, -0.05) is 6.07 Å². The standard InChI is InChI=1S/C17H19N5O2/c1-11-19-16(13-9-18-22(3)17(13)20-11)21(2)10-12-4-5-14-15(8-12)24-7-6-23-14/h4-5,8-9H,6-7,10H2,1-3H3. The zero-order valence-electron chi connectivity index (χ0n) is 14.0. The van der Waals surface area contributed by atoms with Crippen LogP contribution < -0.4 is 14.4 Å². The lowest BCUT2D eigenvalue weighted by atomic mass is 10.2. The summed E-state index contributed by atoms with van der Waals surface area (Å²) in [5, 5.41) is 5.24. The van der Waals surface area contributed by atoms with Gasteiger partial charge in [0.05, 0.1) is 11.6 Å². The number of ether oxygens (including phenoxy) is 2. The maximum Gasteiger partial charge on any atom is 0.163 e. The highest BCUT2D eigenvalue weighted by atomic mass is 16.6. The van der Waals surface area contributed by atoms with Crippen LogP contribution in [0.3, 0.4) is 0 Å². The van der Waals surface area contributed by atoms with Gasteiger partial charge in [-0.15, -0.1) is 0 Å². The molecule has 0 fully saturated rings. The van der Waals surface area contributed by atoms with Gasteiger partial charge in [0.15, 0.2) is 17.1 Å². The van der Waals surface area contributed by atoms with Crippen LogP contribution in [0, 0.1) is 6.92 Å². The van der Waals surface area contributed by atoms with Crippen LogP contribution in [0.5, 0.6) is 11.5 Å². The first-order valence-electron chi connectivity index (χ1n) is 7.88. The molecule has 0 amide bonds. The van der Waals surface area contributed by atoms with E-state index in [4.69, 9.17) is 9.47 Å². The molecule has 24 heavy (non-hydrogen) atoms. The predicted octanol–water partition coefficient (Wildman–Crippen LogP) is 2.08. The van der Waals surface area contributed by atoms with Crippen LogP contribution in [0.15, 0.2) is 24.4 Å². The molecule has 0 bridgehead atoms. The third-order valence-corrected chi connectivity index (χ3v) is 4.07. The molecule has 2 aromatic heterocycles. The van der Waals surface area contributed by atoms with Crippen LogP contribution in [0.25, 0.3) is 11.0 Å². The molecule has 0 unspecified atom stereocenters. The summed E-state index contributed by atoms with van der Waals surface area (Å²) in [7, 11) is 3.91. The van der Waals surface area contributed by atoms with Gasteiger partial charge in [-0.3, -0.25) is 4.68 Å². The second-order valence-corrected chi connectivity index (χ2v) is 5.93. The molecule has 1 aliphatic rings. The Bertz CT molecular complexity index is 905. The molecule has 7 heteroatoms. The number of aromatic nitrogens is 4. The van der Waals surface area contributed by atoms with Gasteiger partial charge in [0.1, 0.15) is 24.9 Å². The summed E-state index contributed by atoms with van der Waals surface area (Å²) in [5.74, 6) is 3.22. The summed E-state index contributed by atoms with van der Waals surface area (Å²) in [6.45, 7) is 3.80. The lowest BCUT2D eigenvalue weighted by Gasteiger charge is -2.22. The Morgan fingerprint density at radius 3 is 2.79 bits per heavy atom. The molecule has 7 nitrogen and oxygen atoms in total. The first-order valence-corrected chi connectivity index (χ1v) is 7.88. The molecule has 0 saturated carbocycles. The molecule has 0 aliphatic carbocycles. The Morgan fingerprint density at radius 2 is 1.96 bits per heavy atom. The van der Waals surface area contributed by atoms with E-state index < -0.39 is 0 Å². The minimum Gasteiger partial charge on any atom is -0.486 e. The summed E-state index contributed by atoms with van der Waals surface area (Å²) in [6.07, 6.45) is 1.81. The van der Waals surface area contributed by atoms with Crippen LogP contribution in [0.4, 0.5) is 5.82 Å². The van der Waals surface area contributed by atoms with E-state index >= 15 is 0 Å². The van der Waals surface area contributed by atoms with Gasteiger partial charge in [-0.2, -0.15) is 5.10 Å². The number of aryl methyl sites for hydroxylation is 2. The van der Waals surface area contributed by atoms with Gasteiger partial charge in [-0.05, 0) is 24.6 Å². The van der Waals surface area contributed by atoms with Crippen LogP contribution in [0.2, 0.25) is 0 Å². The van der Waals surface area contributed by atoms with Crippen LogP contribution in [-0.2, 0) is 13.6 Å². The van der Waals surface area contributed by atoms with Crippen molar-refractivity contribution in [3.63, 3.8) is 0 Å². The second-order valence-electron chi connectivity index (χ2n) is 5.93. The molecule has 0 saturated heterocycles. The van der Waals surface area contributed by atoms with Crippen LogP contribution in [-0.4, -0.2) is 40.0 Å². The lowest BCUT2D eigenvalue weighted by Crippen LogP contribution is -2.20. The highest BCUT2D eigenvalue weighted by Crippen LogP contribution is 2.32. The van der Waals surface area contributed by atoms with E-state index in [2.05, 4.69) is 26.0 Å². The Kier molecular flexibility index (Phi) is 3.48. The average molecular weight is 325 g/mol. The normalized spacial score (nSPS) is 13.3. The Morgan fingerprint density at radius 1 is 1.17 bits per heavy atom.